The summed E-state index contributed by atoms with van der Waals surface area (Å²) in [4.78, 5) is 40.8. The lowest BCUT2D eigenvalue weighted by atomic mass is 10.3. The quantitative estimate of drug-likeness (QED) is 0.491. The van der Waals surface area contributed by atoms with Gasteiger partial charge in [0.2, 0.25) is 5.28 Å². The van der Waals surface area contributed by atoms with Crippen molar-refractivity contribution in [2.24, 2.45) is 14.1 Å². The zero-order chi connectivity index (χ0) is 18.6. The molecule has 0 spiro atoms. The van der Waals surface area contributed by atoms with E-state index in [1.807, 2.05) is 0 Å². The molecule has 3 aromatic heterocycles. The molecular formula is C16H14ClN5O4. The summed E-state index contributed by atoms with van der Waals surface area (Å²) in [6.07, 6.45) is 0. The molecule has 0 aliphatic carbocycles. The third-order valence-electron chi connectivity index (χ3n) is 4.42. The molecule has 1 aromatic carbocycles. The first-order chi connectivity index (χ1) is 12.4. The maximum atomic E-state index is 12.5. The van der Waals surface area contributed by atoms with Gasteiger partial charge in [0.15, 0.2) is 16.7 Å². The number of para-hydroxylation sites is 2. The van der Waals surface area contributed by atoms with Gasteiger partial charge in [-0.05, 0) is 23.7 Å². The average molecular weight is 376 g/mol. The Kier molecular flexibility index (Phi) is 3.62. The van der Waals surface area contributed by atoms with Crippen molar-refractivity contribution in [2.75, 3.05) is 0 Å². The van der Waals surface area contributed by atoms with Gasteiger partial charge < -0.3 is 8.98 Å². The van der Waals surface area contributed by atoms with Gasteiger partial charge in [-0.3, -0.25) is 18.5 Å². The summed E-state index contributed by atoms with van der Waals surface area (Å²) in [5.74, 6) is -0.493. The molecule has 0 aliphatic rings. The number of imidazole rings is 1. The lowest BCUT2D eigenvalue weighted by Crippen LogP contribution is -2.37. The fourth-order valence-electron chi connectivity index (χ4n) is 3.05. The van der Waals surface area contributed by atoms with Crippen LogP contribution in [-0.2, 0) is 27.2 Å². The number of halogens is 1. The number of benzene rings is 1. The predicted octanol–water partition coefficient (Wildman–Crippen LogP) is 0.695. The van der Waals surface area contributed by atoms with Crippen molar-refractivity contribution in [3.8, 4) is 0 Å². The zero-order valence-corrected chi connectivity index (χ0v) is 14.7. The molecule has 0 saturated heterocycles. The Morgan fingerprint density at radius 1 is 1.04 bits per heavy atom. The maximum absolute atomic E-state index is 12.5. The fraction of sp³-hybridized carbons (Fsp3) is 0.250. The third-order valence-corrected chi connectivity index (χ3v) is 4.71. The largest absolute Gasteiger partial charge is 0.420 e. The number of fused-ring (bicyclic) bond motifs is 2. The lowest BCUT2D eigenvalue weighted by Gasteiger charge is -2.08. The highest BCUT2D eigenvalue weighted by atomic mass is 35.5. The van der Waals surface area contributed by atoms with Crippen LogP contribution in [0, 0.1) is 0 Å². The van der Waals surface area contributed by atoms with Crippen molar-refractivity contribution in [2.45, 2.75) is 13.1 Å². The van der Waals surface area contributed by atoms with E-state index in [9.17, 15) is 14.4 Å². The summed E-state index contributed by atoms with van der Waals surface area (Å²) in [5, 5.41) is 0.0687. The number of hydrogen-bond acceptors (Lipinski definition) is 5. The Balaban J connectivity index is 1.85. The predicted molar refractivity (Wildman–Crippen MR) is 95.7 cm³/mol. The average Bonchev–Trinajstić information content (AvgIpc) is 3.12. The monoisotopic (exact) mass is 375 g/mol. The highest BCUT2D eigenvalue weighted by Crippen LogP contribution is 2.17. The minimum atomic E-state index is -0.494. The summed E-state index contributed by atoms with van der Waals surface area (Å²) < 4.78 is 10.4. The van der Waals surface area contributed by atoms with Crippen LogP contribution >= 0.6 is 11.6 Å². The van der Waals surface area contributed by atoms with E-state index in [-0.39, 0.29) is 29.5 Å². The standard InChI is InChI=1S/C16H14ClN5O4/c1-19-12-11(13(23)20(2)15(19)24)22(14(17)18-12)8-7-21-9-5-3-4-6-10(9)26-16(21)25/h3-6H,7-8H2,1-2H3. The smallest absolute Gasteiger partial charge is 0.408 e. The molecule has 9 nitrogen and oxygen atoms in total. The molecule has 0 atom stereocenters. The van der Waals surface area contributed by atoms with E-state index in [0.717, 1.165) is 4.57 Å². The second-order valence-corrected chi connectivity index (χ2v) is 6.24. The first-order valence-corrected chi connectivity index (χ1v) is 8.18. The van der Waals surface area contributed by atoms with Crippen molar-refractivity contribution in [3.63, 3.8) is 0 Å². The van der Waals surface area contributed by atoms with E-state index in [0.29, 0.717) is 11.1 Å². The Morgan fingerprint density at radius 3 is 2.50 bits per heavy atom. The van der Waals surface area contributed by atoms with Gasteiger partial charge in [0, 0.05) is 27.2 Å². The van der Waals surface area contributed by atoms with Crippen molar-refractivity contribution in [1.29, 1.82) is 0 Å². The summed E-state index contributed by atoms with van der Waals surface area (Å²) in [6, 6.07) is 7.06. The van der Waals surface area contributed by atoms with Crippen molar-refractivity contribution in [1.82, 2.24) is 23.3 Å². The minimum absolute atomic E-state index is 0.0687. The van der Waals surface area contributed by atoms with Crippen LogP contribution < -0.4 is 17.0 Å². The molecule has 0 amide bonds. The number of rotatable bonds is 3. The Morgan fingerprint density at radius 2 is 1.73 bits per heavy atom. The van der Waals surface area contributed by atoms with E-state index >= 15 is 0 Å². The molecule has 0 N–H and O–H groups in total. The number of nitrogens with zero attached hydrogens (tertiary/aromatic N) is 5. The lowest BCUT2D eigenvalue weighted by molar-refractivity contribution is 0.486. The minimum Gasteiger partial charge on any atom is -0.408 e. The van der Waals surface area contributed by atoms with Crippen LogP contribution in [-0.4, -0.2) is 23.3 Å². The molecular weight excluding hydrogens is 362 g/mol. The molecule has 0 saturated carbocycles. The van der Waals surface area contributed by atoms with E-state index in [1.54, 1.807) is 24.3 Å². The van der Waals surface area contributed by atoms with Gasteiger partial charge in [-0.2, -0.15) is 4.98 Å². The van der Waals surface area contributed by atoms with Crippen LogP contribution in [0.3, 0.4) is 0 Å². The Labute approximate surface area is 150 Å². The number of aromatic nitrogens is 5. The van der Waals surface area contributed by atoms with Crippen LogP contribution in [0.4, 0.5) is 0 Å². The number of hydrogen-bond donors (Lipinski definition) is 0. The first-order valence-electron chi connectivity index (χ1n) is 7.80. The molecule has 26 heavy (non-hydrogen) atoms. The third kappa shape index (κ3) is 2.24. The van der Waals surface area contributed by atoms with E-state index < -0.39 is 17.0 Å². The summed E-state index contributed by atoms with van der Waals surface area (Å²) in [7, 11) is 2.91. The molecule has 4 rings (SSSR count). The van der Waals surface area contributed by atoms with Crippen LogP contribution in [0.2, 0.25) is 5.28 Å². The second kappa shape index (κ2) is 5.73. The van der Waals surface area contributed by atoms with Crippen molar-refractivity contribution >= 4 is 33.9 Å². The molecule has 0 unspecified atom stereocenters. The molecule has 0 bridgehead atoms. The van der Waals surface area contributed by atoms with Gasteiger partial charge in [0.25, 0.3) is 5.56 Å². The van der Waals surface area contributed by atoms with Gasteiger partial charge in [0.05, 0.1) is 5.52 Å². The van der Waals surface area contributed by atoms with Crippen molar-refractivity contribution < 1.29 is 4.42 Å². The molecule has 4 aromatic rings. The van der Waals surface area contributed by atoms with Gasteiger partial charge >= 0.3 is 11.4 Å². The SMILES string of the molecule is Cn1c(=O)c2c(nc(Cl)n2CCn2c(=O)oc3ccccc32)n(C)c1=O. The van der Waals surface area contributed by atoms with Crippen LogP contribution in [0.15, 0.2) is 43.1 Å². The summed E-state index contributed by atoms with van der Waals surface area (Å²) >= 11 is 6.19. The second-order valence-electron chi connectivity index (χ2n) is 5.90. The normalized spacial score (nSPS) is 11.7. The van der Waals surface area contributed by atoms with Crippen LogP contribution in [0.25, 0.3) is 22.3 Å². The first kappa shape index (κ1) is 16.4. The van der Waals surface area contributed by atoms with E-state index in [4.69, 9.17) is 16.0 Å². The van der Waals surface area contributed by atoms with Crippen LogP contribution in [0.1, 0.15) is 0 Å². The van der Waals surface area contributed by atoms with E-state index in [2.05, 4.69) is 4.98 Å². The number of aryl methyl sites for hydroxylation is 3. The molecule has 0 aliphatic heterocycles. The Hall–Kier alpha value is -3.07. The molecule has 10 heteroatoms. The molecule has 134 valence electrons. The highest BCUT2D eigenvalue weighted by Gasteiger charge is 2.18. The molecule has 0 fully saturated rings. The van der Waals surface area contributed by atoms with Crippen molar-refractivity contribution in [3.05, 3.63) is 60.9 Å². The topological polar surface area (TPSA) is 97.0 Å². The van der Waals surface area contributed by atoms with Crippen LogP contribution in [0.5, 0.6) is 0 Å². The summed E-state index contributed by atoms with van der Waals surface area (Å²) in [5.41, 5.74) is 0.566. The summed E-state index contributed by atoms with van der Waals surface area (Å²) in [6.45, 7) is 0.444. The zero-order valence-electron chi connectivity index (χ0n) is 14.0. The highest BCUT2D eigenvalue weighted by molar-refractivity contribution is 6.29. The fourth-order valence-corrected chi connectivity index (χ4v) is 3.30. The van der Waals surface area contributed by atoms with Gasteiger partial charge in [-0.1, -0.05) is 12.1 Å². The number of oxazole rings is 1. The Bertz CT molecular complexity index is 1340. The van der Waals surface area contributed by atoms with E-state index in [1.165, 1.54) is 27.8 Å². The van der Waals surface area contributed by atoms with Gasteiger partial charge in [-0.25, -0.2) is 9.59 Å². The van der Waals surface area contributed by atoms with Gasteiger partial charge in [-0.15, -0.1) is 0 Å². The molecule has 0 radical (unpaired) electrons. The maximum Gasteiger partial charge on any atom is 0.420 e. The molecule has 3 heterocycles. The van der Waals surface area contributed by atoms with Gasteiger partial charge in [0.1, 0.15) is 0 Å².